The second kappa shape index (κ2) is 18.8. The van der Waals surface area contributed by atoms with Crippen LogP contribution in [-0.4, -0.2) is 46.7 Å². The Balaban J connectivity index is 0.000000290. The minimum absolute atomic E-state index is 0.0897. The monoisotopic (exact) mass is 758 g/mol. The van der Waals surface area contributed by atoms with E-state index in [9.17, 15) is 55.7 Å². The highest BCUT2D eigenvalue weighted by molar-refractivity contribution is 6.02. The Morgan fingerprint density at radius 2 is 1.06 bits per heavy atom. The average molecular weight is 759 g/mol. The van der Waals surface area contributed by atoms with Gasteiger partial charge >= 0.3 is 24.7 Å². The predicted octanol–water partition coefficient (Wildman–Crippen LogP) is 9.60. The molecule has 284 valence electrons. The van der Waals surface area contributed by atoms with Crippen molar-refractivity contribution in [1.82, 2.24) is 0 Å². The predicted molar refractivity (Wildman–Crippen MR) is 189 cm³/mol. The zero-order valence-electron chi connectivity index (χ0n) is 28.4. The van der Waals surface area contributed by atoms with E-state index in [0.29, 0.717) is 16.7 Å². The number of carbonyl (C=O) groups excluding carboxylic acids is 2. The molecule has 0 spiro atoms. The van der Waals surface area contributed by atoms with Crippen LogP contribution in [0.1, 0.15) is 69.7 Å². The van der Waals surface area contributed by atoms with Gasteiger partial charge in [0.15, 0.2) is 0 Å². The summed E-state index contributed by atoms with van der Waals surface area (Å²) in [5.41, 5.74) is 1.66. The molecule has 0 aliphatic heterocycles. The van der Waals surface area contributed by atoms with Crippen LogP contribution in [-0.2, 0) is 9.59 Å². The van der Waals surface area contributed by atoms with Gasteiger partial charge in [0, 0.05) is 18.4 Å². The third-order valence-corrected chi connectivity index (χ3v) is 6.90. The molecule has 0 bridgehead atoms. The maximum absolute atomic E-state index is 12.5. The van der Waals surface area contributed by atoms with Gasteiger partial charge in [-0.1, -0.05) is 80.6 Å². The summed E-state index contributed by atoms with van der Waals surface area (Å²) in [7, 11) is 0. The SMILES string of the molecule is CCC(=O)Nc1ccc(C=Cc2cccc(OC(F)(F)F)c2)cc1C(=O)O.CCC(=O)Nc1ccc(C=Cc2ccccc2OC(F)(F)F)cc1C(=O)O. The maximum atomic E-state index is 12.5. The van der Waals surface area contributed by atoms with Crippen molar-refractivity contribution in [2.24, 2.45) is 0 Å². The van der Waals surface area contributed by atoms with E-state index in [1.54, 1.807) is 44.2 Å². The highest BCUT2D eigenvalue weighted by Crippen LogP contribution is 2.29. The highest BCUT2D eigenvalue weighted by Gasteiger charge is 2.32. The fourth-order valence-electron chi connectivity index (χ4n) is 4.41. The minimum atomic E-state index is -4.82. The van der Waals surface area contributed by atoms with Gasteiger partial charge in [0.25, 0.3) is 0 Å². The first-order valence-electron chi connectivity index (χ1n) is 15.8. The lowest BCUT2D eigenvalue weighted by Gasteiger charge is -2.11. The molecule has 4 N–H and O–H groups in total. The van der Waals surface area contributed by atoms with Crippen LogP contribution in [0.3, 0.4) is 0 Å². The quantitative estimate of drug-likeness (QED) is 0.0824. The summed E-state index contributed by atoms with van der Waals surface area (Å²) < 4.78 is 82.0. The number of alkyl halides is 6. The standard InChI is InChI=1S/2C19H16F3NO4/c1-2-17(24)23-16-9-8-13(11-15(16)18(25)26)7-6-12-4-3-5-14(10-12)27-19(20,21)22;1-2-17(24)23-15-10-8-12(11-14(15)18(25)26)7-9-13-5-3-4-6-16(13)27-19(20,21)22/h2*3-11H,2H2,1H3,(H,23,24)(H,25,26). The first kappa shape index (κ1) is 41.8. The van der Waals surface area contributed by atoms with Crippen LogP contribution in [0.2, 0.25) is 0 Å². The van der Waals surface area contributed by atoms with Gasteiger partial charge in [0.2, 0.25) is 11.8 Å². The summed E-state index contributed by atoms with van der Waals surface area (Å²) in [5.74, 6) is -3.82. The molecule has 4 rings (SSSR count). The Labute approximate surface area is 304 Å². The minimum Gasteiger partial charge on any atom is -0.478 e. The lowest BCUT2D eigenvalue weighted by Crippen LogP contribution is -2.17. The topological polar surface area (TPSA) is 151 Å². The van der Waals surface area contributed by atoms with E-state index in [1.807, 2.05) is 0 Å². The van der Waals surface area contributed by atoms with Gasteiger partial charge in [-0.3, -0.25) is 9.59 Å². The molecule has 10 nitrogen and oxygen atoms in total. The van der Waals surface area contributed by atoms with E-state index in [1.165, 1.54) is 78.9 Å². The van der Waals surface area contributed by atoms with Crippen LogP contribution < -0.4 is 20.1 Å². The number of aromatic carboxylic acids is 2. The molecule has 0 unspecified atom stereocenters. The van der Waals surface area contributed by atoms with Crippen molar-refractivity contribution in [2.75, 3.05) is 10.6 Å². The molecule has 0 aliphatic rings. The van der Waals surface area contributed by atoms with Crippen molar-refractivity contribution >= 4 is 59.4 Å². The fraction of sp³-hybridized carbons (Fsp3) is 0.158. The number of amides is 2. The summed E-state index contributed by atoms with van der Waals surface area (Å²) in [5, 5.41) is 23.6. The summed E-state index contributed by atoms with van der Waals surface area (Å²) in [4.78, 5) is 45.8. The van der Waals surface area contributed by atoms with E-state index in [0.717, 1.165) is 0 Å². The van der Waals surface area contributed by atoms with Crippen molar-refractivity contribution in [1.29, 1.82) is 0 Å². The van der Waals surface area contributed by atoms with Gasteiger partial charge < -0.3 is 30.3 Å². The lowest BCUT2D eigenvalue weighted by molar-refractivity contribution is -0.275. The molecule has 0 aromatic heterocycles. The van der Waals surface area contributed by atoms with Crippen molar-refractivity contribution in [3.8, 4) is 11.5 Å². The fourth-order valence-corrected chi connectivity index (χ4v) is 4.41. The van der Waals surface area contributed by atoms with Gasteiger partial charge in [-0.05, 0) is 59.2 Å². The molecule has 0 radical (unpaired) electrons. The molecule has 0 heterocycles. The Kier molecular flexibility index (Phi) is 14.5. The van der Waals surface area contributed by atoms with E-state index in [-0.39, 0.29) is 64.2 Å². The van der Waals surface area contributed by atoms with Crippen LogP contribution in [0, 0.1) is 0 Å². The Morgan fingerprint density at radius 3 is 1.52 bits per heavy atom. The number of halogens is 6. The Bertz CT molecular complexity index is 2040. The Morgan fingerprint density at radius 1 is 0.593 bits per heavy atom. The number of hydrogen-bond acceptors (Lipinski definition) is 6. The van der Waals surface area contributed by atoms with Gasteiger partial charge in [-0.25, -0.2) is 9.59 Å². The number of rotatable bonds is 12. The first-order valence-corrected chi connectivity index (χ1v) is 15.8. The molecule has 4 aromatic rings. The van der Waals surface area contributed by atoms with Gasteiger partial charge in [-0.2, -0.15) is 0 Å². The number of nitrogens with one attached hydrogen (secondary N) is 2. The van der Waals surface area contributed by atoms with E-state index in [2.05, 4.69) is 20.1 Å². The summed E-state index contributed by atoms with van der Waals surface area (Å²) in [6.07, 6.45) is -3.30. The zero-order valence-corrected chi connectivity index (χ0v) is 28.4. The van der Waals surface area contributed by atoms with Crippen LogP contribution in [0.4, 0.5) is 37.7 Å². The number of anilines is 2. The number of carbonyl (C=O) groups is 4. The van der Waals surface area contributed by atoms with E-state index in [4.69, 9.17) is 0 Å². The van der Waals surface area contributed by atoms with E-state index < -0.39 is 24.7 Å². The number of carboxylic acids is 2. The number of ether oxygens (including phenoxy) is 2. The number of hydrogen-bond donors (Lipinski definition) is 4. The third kappa shape index (κ3) is 13.9. The van der Waals surface area contributed by atoms with Gasteiger partial charge in [0.05, 0.1) is 22.5 Å². The molecule has 0 atom stereocenters. The molecule has 54 heavy (non-hydrogen) atoms. The maximum Gasteiger partial charge on any atom is 0.573 e. The molecule has 0 aliphatic carbocycles. The first-order chi connectivity index (χ1) is 25.4. The molecule has 16 heteroatoms. The summed E-state index contributed by atoms with van der Waals surface area (Å²) in [6, 6.07) is 19.6. The average Bonchev–Trinajstić information content (AvgIpc) is 3.10. The molecule has 4 aromatic carbocycles. The summed E-state index contributed by atoms with van der Waals surface area (Å²) >= 11 is 0. The number of benzene rings is 4. The Hall–Kier alpha value is -6.58. The lowest BCUT2D eigenvalue weighted by atomic mass is 10.1. The second-order valence-electron chi connectivity index (χ2n) is 10.9. The molecule has 0 fully saturated rings. The molecular formula is C38H32F6N2O8. The van der Waals surface area contributed by atoms with Crippen molar-refractivity contribution in [3.05, 3.63) is 118 Å². The number of para-hydroxylation sites is 1. The normalized spacial score (nSPS) is 11.4. The molecule has 0 saturated heterocycles. The highest BCUT2D eigenvalue weighted by atomic mass is 19.4. The second-order valence-corrected chi connectivity index (χ2v) is 10.9. The van der Waals surface area contributed by atoms with Gasteiger partial charge in [-0.15, -0.1) is 26.3 Å². The van der Waals surface area contributed by atoms with E-state index >= 15 is 0 Å². The van der Waals surface area contributed by atoms with Crippen LogP contribution in [0.15, 0.2) is 84.9 Å². The zero-order chi connectivity index (χ0) is 40.1. The van der Waals surface area contributed by atoms with Crippen molar-refractivity contribution < 1.29 is 65.2 Å². The van der Waals surface area contributed by atoms with Gasteiger partial charge in [0.1, 0.15) is 11.5 Å². The van der Waals surface area contributed by atoms with Crippen molar-refractivity contribution in [3.63, 3.8) is 0 Å². The smallest absolute Gasteiger partial charge is 0.478 e. The molecular weight excluding hydrogens is 726 g/mol. The van der Waals surface area contributed by atoms with Crippen molar-refractivity contribution in [2.45, 2.75) is 39.4 Å². The summed E-state index contributed by atoms with van der Waals surface area (Å²) in [6.45, 7) is 3.27. The third-order valence-electron chi connectivity index (χ3n) is 6.90. The largest absolute Gasteiger partial charge is 0.573 e. The van der Waals surface area contributed by atoms with Crippen LogP contribution in [0.5, 0.6) is 11.5 Å². The number of carboxylic acid groups (broad SMARTS) is 2. The van der Waals surface area contributed by atoms with Crippen LogP contribution in [0.25, 0.3) is 24.3 Å². The molecule has 2 amide bonds. The molecule has 0 saturated carbocycles. The van der Waals surface area contributed by atoms with Crippen LogP contribution >= 0.6 is 0 Å².